The summed E-state index contributed by atoms with van der Waals surface area (Å²) in [4.78, 5) is 0. The van der Waals surface area contributed by atoms with Crippen molar-refractivity contribution in [3.63, 3.8) is 0 Å². The summed E-state index contributed by atoms with van der Waals surface area (Å²) in [5.41, 5.74) is 0. The van der Waals surface area contributed by atoms with Crippen molar-refractivity contribution >= 4 is 0 Å². The standard InChI is InChI=1S/C14H24O2/c1-2-16-8-13(15)14-11-4-9-3-10(6-11)7-12(14)5-9/h9-15H,2-8H2,1H3. The van der Waals surface area contributed by atoms with Crippen LogP contribution in [-0.2, 0) is 4.74 Å². The molecule has 0 aromatic heterocycles. The molecule has 4 aliphatic carbocycles. The minimum Gasteiger partial charge on any atom is -0.390 e. The monoisotopic (exact) mass is 224 g/mol. The SMILES string of the molecule is CCOCC(O)C1C2CC3CC(C2)CC1C3. The van der Waals surface area contributed by atoms with Crippen LogP contribution in [0.5, 0.6) is 0 Å². The lowest BCUT2D eigenvalue weighted by Gasteiger charge is -2.55. The second-order valence-corrected chi connectivity index (χ2v) is 6.23. The molecule has 0 radical (unpaired) electrons. The molecule has 16 heavy (non-hydrogen) atoms. The van der Waals surface area contributed by atoms with Crippen molar-refractivity contribution in [2.24, 2.45) is 29.6 Å². The first-order valence-corrected chi connectivity index (χ1v) is 7.03. The number of aliphatic hydroxyl groups is 1. The molecule has 4 aliphatic rings. The van der Waals surface area contributed by atoms with E-state index in [-0.39, 0.29) is 6.10 Å². The van der Waals surface area contributed by atoms with Gasteiger partial charge in [0, 0.05) is 6.61 Å². The van der Waals surface area contributed by atoms with Gasteiger partial charge in [0.15, 0.2) is 0 Å². The number of hydrogen-bond acceptors (Lipinski definition) is 2. The second-order valence-electron chi connectivity index (χ2n) is 6.23. The van der Waals surface area contributed by atoms with Crippen molar-refractivity contribution in [1.29, 1.82) is 0 Å². The molecule has 92 valence electrons. The van der Waals surface area contributed by atoms with Crippen molar-refractivity contribution in [3.8, 4) is 0 Å². The van der Waals surface area contributed by atoms with Crippen LogP contribution in [-0.4, -0.2) is 24.4 Å². The lowest BCUT2D eigenvalue weighted by Crippen LogP contribution is -2.50. The molecular weight excluding hydrogens is 200 g/mol. The van der Waals surface area contributed by atoms with Crippen LogP contribution in [0.3, 0.4) is 0 Å². The maximum Gasteiger partial charge on any atom is 0.0807 e. The summed E-state index contributed by atoms with van der Waals surface area (Å²) in [7, 11) is 0. The molecule has 0 aromatic carbocycles. The van der Waals surface area contributed by atoms with Gasteiger partial charge in [-0.2, -0.15) is 0 Å². The highest BCUT2D eigenvalue weighted by Crippen LogP contribution is 2.57. The van der Waals surface area contributed by atoms with Crippen LogP contribution < -0.4 is 0 Å². The van der Waals surface area contributed by atoms with Crippen LogP contribution in [0.1, 0.15) is 39.0 Å². The molecule has 2 heteroatoms. The minimum atomic E-state index is -0.199. The van der Waals surface area contributed by atoms with E-state index in [0.29, 0.717) is 12.5 Å². The van der Waals surface area contributed by atoms with Gasteiger partial charge in [0.25, 0.3) is 0 Å². The van der Waals surface area contributed by atoms with Gasteiger partial charge in [0.2, 0.25) is 0 Å². The van der Waals surface area contributed by atoms with Crippen molar-refractivity contribution in [3.05, 3.63) is 0 Å². The van der Waals surface area contributed by atoms with E-state index >= 15 is 0 Å². The Hall–Kier alpha value is -0.0800. The maximum atomic E-state index is 10.3. The highest BCUT2D eigenvalue weighted by atomic mass is 16.5. The van der Waals surface area contributed by atoms with E-state index in [0.717, 1.165) is 30.3 Å². The van der Waals surface area contributed by atoms with Gasteiger partial charge in [-0.25, -0.2) is 0 Å². The Morgan fingerprint density at radius 3 is 2.12 bits per heavy atom. The van der Waals surface area contributed by atoms with Gasteiger partial charge in [-0.1, -0.05) is 0 Å². The summed E-state index contributed by atoms with van der Waals surface area (Å²) in [5, 5.41) is 10.3. The first-order valence-electron chi connectivity index (χ1n) is 7.03. The smallest absolute Gasteiger partial charge is 0.0807 e. The summed E-state index contributed by atoms with van der Waals surface area (Å²) in [6.45, 7) is 3.29. The van der Waals surface area contributed by atoms with E-state index in [1.807, 2.05) is 6.92 Å². The van der Waals surface area contributed by atoms with Gasteiger partial charge in [-0.15, -0.1) is 0 Å². The third kappa shape index (κ3) is 1.80. The molecule has 1 N–H and O–H groups in total. The molecule has 0 saturated heterocycles. The Labute approximate surface area is 98.4 Å². The summed E-state index contributed by atoms with van der Waals surface area (Å²) >= 11 is 0. The lowest BCUT2D eigenvalue weighted by atomic mass is 9.51. The van der Waals surface area contributed by atoms with Crippen LogP contribution in [0.25, 0.3) is 0 Å². The molecule has 0 amide bonds. The van der Waals surface area contributed by atoms with Crippen LogP contribution in [0.4, 0.5) is 0 Å². The van der Waals surface area contributed by atoms with Crippen molar-refractivity contribution in [2.75, 3.05) is 13.2 Å². The molecule has 4 saturated carbocycles. The van der Waals surface area contributed by atoms with Gasteiger partial charge in [0.1, 0.15) is 0 Å². The van der Waals surface area contributed by atoms with Crippen LogP contribution >= 0.6 is 0 Å². The van der Waals surface area contributed by atoms with E-state index in [9.17, 15) is 5.11 Å². The van der Waals surface area contributed by atoms with Crippen LogP contribution in [0, 0.1) is 29.6 Å². The van der Waals surface area contributed by atoms with Gasteiger partial charge < -0.3 is 9.84 Å². The Kier molecular flexibility index (Phi) is 2.97. The van der Waals surface area contributed by atoms with Gasteiger partial charge in [-0.05, 0) is 68.6 Å². The Bertz CT molecular complexity index is 223. The summed E-state index contributed by atoms with van der Waals surface area (Å²) < 4.78 is 5.40. The first-order chi connectivity index (χ1) is 7.78. The Morgan fingerprint density at radius 2 is 1.62 bits per heavy atom. The number of ether oxygens (including phenoxy) is 1. The van der Waals surface area contributed by atoms with E-state index in [1.54, 1.807) is 0 Å². The normalized spacial score (nSPS) is 47.2. The average molecular weight is 224 g/mol. The first kappa shape index (κ1) is 11.0. The number of rotatable bonds is 4. The molecule has 0 spiro atoms. The highest BCUT2D eigenvalue weighted by molar-refractivity contribution is 5.00. The fourth-order valence-corrected chi connectivity index (χ4v) is 4.95. The topological polar surface area (TPSA) is 29.5 Å². The molecular formula is C14H24O2. The molecule has 0 aliphatic heterocycles. The zero-order chi connectivity index (χ0) is 11.1. The van der Waals surface area contributed by atoms with E-state index in [1.165, 1.54) is 32.1 Å². The fraction of sp³-hybridized carbons (Fsp3) is 1.00. The number of aliphatic hydroxyl groups excluding tert-OH is 1. The van der Waals surface area contributed by atoms with E-state index < -0.39 is 0 Å². The van der Waals surface area contributed by atoms with Gasteiger partial charge in [-0.3, -0.25) is 0 Å². The van der Waals surface area contributed by atoms with Crippen molar-refractivity contribution in [2.45, 2.75) is 45.1 Å². The second kappa shape index (κ2) is 4.30. The van der Waals surface area contributed by atoms with Crippen LogP contribution in [0.2, 0.25) is 0 Å². The molecule has 4 bridgehead atoms. The Morgan fingerprint density at radius 1 is 1.06 bits per heavy atom. The fourth-order valence-electron chi connectivity index (χ4n) is 4.95. The molecule has 1 unspecified atom stereocenters. The quantitative estimate of drug-likeness (QED) is 0.795. The van der Waals surface area contributed by atoms with Gasteiger partial charge >= 0.3 is 0 Å². The molecule has 2 nitrogen and oxygen atoms in total. The molecule has 4 fully saturated rings. The minimum absolute atomic E-state index is 0.199. The third-order valence-electron chi connectivity index (χ3n) is 5.24. The van der Waals surface area contributed by atoms with Crippen LogP contribution in [0.15, 0.2) is 0 Å². The largest absolute Gasteiger partial charge is 0.390 e. The average Bonchev–Trinajstić information content (AvgIpc) is 2.24. The summed E-state index contributed by atoms with van der Waals surface area (Å²) in [5.74, 6) is 4.17. The van der Waals surface area contributed by atoms with Gasteiger partial charge in [0.05, 0.1) is 12.7 Å². The summed E-state index contributed by atoms with van der Waals surface area (Å²) in [6, 6.07) is 0. The maximum absolute atomic E-state index is 10.3. The lowest BCUT2D eigenvalue weighted by molar-refractivity contribution is -0.108. The predicted octanol–water partition coefficient (Wildman–Crippen LogP) is 2.46. The summed E-state index contributed by atoms with van der Waals surface area (Å²) in [6.07, 6.45) is 6.85. The van der Waals surface area contributed by atoms with E-state index in [4.69, 9.17) is 4.74 Å². The van der Waals surface area contributed by atoms with Crippen molar-refractivity contribution < 1.29 is 9.84 Å². The zero-order valence-electron chi connectivity index (χ0n) is 10.3. The highest BCUT2D eigenvalue weighted by Gasteiger charge is 2.50. The predicted molar refractivity (Wildman–Crippen MR) is 63.0 cm³/mol. The molecule has 0 aromatic rings. The Balaban J connectivity index is 1.67. The molecule has 4 rings (SSSR count). The third-order valence-corrected chi connectivity index (χ3v) is 5.24. The molecule has 1 atom stereocenters. The van der Waals surface area contributed by atoms with E-state index in [2.05, 4.69) is 0 Å². The van der Waals surface area contributed by atoms with Crippen molar-refractivity contribution in [1.82, 2.24) is 0 Å². The number of hydrogen-bond donors (Lipinski definition) is 1. The molecule has 0 heterocycles. The zero-order valence-corrected chi connectivity index (χ0v) is 10.3.